The number of aliphatic hydroxyl groups is 1. The lowest BCUT2D eigenvalue weighted by molar-refractivity contribution is 0.100. The van der Waals surface area contributed by atoms with Gasteiger partial charge in [0.05, 0.1) is 0 Å². The zero-order chi connectivity index (χ0) is 19.0. The Hall–Kier alpha value is -1.79. The highest BCUT2D eigenvalue weighted by Crippen LogP contribution is 2.19. The van der Waals surface area contributed by atoms with Crippen LogP contribution in [0.5, 0.6) is 5.75 Å². The zero-order valence-corrected chi connectivity index (χ0v) is 16.2. The van der Waals surface area contributed by atoms with Crippen molar-refractivity contribution >= 4 is 11.7 Å². The highest BCUT2D eigenvalue weighted by atomic mass is 16.5. The standard InChI is InChI=1S/C20H33N3O3/c1-20(2,3)21-13-17(24)14-26-18-11-7-10-16(12-18)23-19(25)22-15-8-5-4-6-9-15/h7,10-12,15,17,21,24H,4-6,8-9,13-14H2,1-3H3,(H2,22,23,25). The van der Waals surface area contributed by atoms with Crippen LogP contribution in [0.4, 0.5) is 10.5 Å². The lowest BCUT2D eigenvalue weighted by atomic mass is 9.96. The first-order valence-corrected chi connectivity index (χ1v) is 9.55. The maximum atomic E-state index is 12.1. The van der Waals surface area contributed by atoms with Crippen LogP contribution in [0.25, 0.3) is 0 Å². The molecule has 0 aliphatic heterocycles. The van der Waals surface area contributed by atoms with E-state index in [1.165, 1.54) is 19.3 Å². The molecule has 6 nitrogen and oxygen atoms in total. The lowest BCUT2D eigenvalue weighted by Gasteiger charge is -2.23. The van der Waals surface area contributed by atoms with Gasteiger partial charge in [0.15, 0.2) is 0 Å². The van der Waals surface area contributed by atoms with E-state index in [1.54, 1.807) is 6.07 Å². The van der Waals surface area contributed by atoms with Gasteiger partial charge >= 0.3 is 6.03 Å². The lowest BCUT2D eigenvalue weighted by Crippen LogP contribution is -2.42. The molecule has 146 valence electrons. The summed E-state index contributed by atoms with van der Waals surface area (Å²) in [6, 6.07) is 7.33. The van der Waals surface area contributed by atoms with E-state index in [-0.39, 0.29) is 24.2 Å². The van der Waals surface area contributed by atoms with Crippen molar-refractivity contribution in [3.63, 3.8) is 0 Å². The summed E-state index contributed by atoms with van der Waals surface area (Å²) in [4.78, 5) is 12.1. The van der Waals surface area contributed by atoms with Crippen molar-refractivity contribution in [3.05, 3.63) is 24.3 Å². The normalized spacial score (nSPS) is 16.8. The number of urea groups is 1. The third kappa shape index (κ3) is 8.06. The first-order valence-electron chi connectivity index (χ1n) is 9.55. The Kier molecular flexibility index (Phi) is 7.72. The van der Waals surface area contributed by atoms with Crippen LogP contribution in [0.1, 0.15) is 52.9 Å². The van der Waals surface area contributed by atoms with Crippen molar-refractivity contribution in [2.45, 2.75) is 70.6 Å². The number of carbonyl (C=O) groups is 1. The molecular weight excluding hydrogens is 330 g/mol. The maximum absolute atomic E-state index is 12.1. The third-order valence-corrected chi connectivity index (χ3v) is 4.34. The van der Waals surface area contributed by atoms with Crippen LogP contribution in [0.3, 0.4) is 0 Å². The Balaban J connectivity index is 1.76. The van der Waals surface area contributed by atoms with E-state index in [0.29, 0.717) is 18.0 Å². The fraction of sp³-hybridized carbons (Fsp3) is 0.650. The summed E-state index contributed by atoms with van der Waals surface area (Å²) in [6.45, 7) is 6.81. The molecule has 1 aromatic rings. The van der Waals surface area contributed by atoms with Crippen LogP contribution < -0.4 is 20.7 Å². The number of hydrogen-bond donors (Lipinski definition) is 4. The molecule has 0 aromatic heterocycles. The molecular formula is C20H33N3O3. The van der Waals surface area contributed by atoms with Crippen LogP contribution >= 0.6 is 0 Å². The van der Waals surface area contributed by atoms with Gasteiger partial charge in [-0.1, -0.05) is 25.3 Å². The second-order valence-electron chi connectivity index (χ2n) is 8.06. The van der Waals surface area contributed by atoms with E-state index in [9.17, 15) is 9.90 Å². The number of ether oxygens (including phenoxy) is 1. The molecule has 1 aliphatic rings. The van der Waals surface area contributed by atoms with E-state index in [4.69, 9.17) is 4.74 Å². The Morgan fingerprint density at radius 1 is 1.27 bits per heavy atom. The monoisotopic (exact) mass is 363 g/mol. The first kappa shape index (κ1) is 20.5. The van der Waals surface area contributed by atoms with Crippen molar-refractivity contribution in [2.75, 3.05) is 18.5 Å². The molecule has 1 atom stereocenters. The van der Waals surface area contributed by atoms with Crippen LogP contribution in [-0.4, -0.2) is 42.0 Å². The molecule has 26 heavy (non-hydrogen) atoms. The number of benzene rings is 1. The molecule has 1 fully saturated rings. The predicted molar refractivity (Wildman–Crippen MR) is 105 cm³/mol. The van der Waals surface area contributed by atoms with E-state index < -0.39 is 6.10 Å². The molecule has 0 spiro atoms. The Morgan fingerprint density at radius 2 is 2.00 bits per heavy atom. The number of β-amino-alcohol motifs (C(OH)–C–C–N with tert-alkyl or cyclic N) is 1. The number of anilines is 1. The van der Waals surface area contributed by atoms with Crippen molar-refractivity contribution in [3.8, 4) is 5.75 Å². The molecule has 1 aromatic carbocycles. The van der Waals surface area contributed by atoms with Gasteiger partial charge in [-0.2, -0.15) is 0 Å². The predicted octanol–water partition coefficient (Wildman–Crippen LogP) is 3.27. The smallest absolute Gasteiger partial charge is 0.319 e. The number of nitrogens with one attached hydrogen (secondary N) is 3. The number of rotatable bonds is 7. The number of carbonyl (C=O) groups excluding carboxylic acids is 1. The van der Waals surface area contributed by atoms with E-state index in [2.05, 4.69) is 16.0 Å². The second kappa shape index (κ2) is 9.78. The summed E-state index contributed by atoms with van der Waals surface area (Å²) < 4.78 is 5.64. The van der Waals surface area contributed by atoms with Crippen LogP contribution in [0.2, 0.25) is 0 Å². The van der Waals surface area contributed by atoms with Gasteiger partial charge in [-0.05, 0) is 45.7 Å². The van der Waals surface area contributed by atoms with Crippen LogP contribution in [0.15, 0.2) is 24.3 Å². The van der Waals surface area contributed by atoms with Crippen molar-refractivity contribution in [1.82, 2.24) is 10.6 Å². The topological polar surface area (TPSA) is 82.6 Å². The summed E-state index contributed by atoms with van der Waals surface area (Å²) in [5, 5.41) is 19.1. The fourth-order valence-electron chi connectivity index (χ4n) is 2.94. The van der Waals surface area contributed by atoms with E-state index in [0.717, 1.165) is 12.8 Å². The molecule has 0 saturated heterocycles. The minimum atomic E-state index is -0.597. The third-order valence-electron chi connectivity index (χ3n) is 4.34. The van der Waals surface area contributed by atoms with E-state index >= 15 is 0 Å². The maximum Gasteiger partial charge on any atom is 0.319 e. The highest BCUT2D eigenvalue weighted by Gasteiger charge is 2.16. The quantitative estimate of drug-likeness (QED) is 0.599. The largest absolute Gasteiger partial charge is 0.491 e. The zero-order valence-electron chi connectivity index (χ0n) is 16.2. The molecule has 4 N–H and O–H groups in total. The van der Waals surface area contributed by atoms with Crippen molar-refractivity contribution in [1.29, 1.82) is 0 Å². The van der Waals surface area contributed by atoms with Gasteiger partial charge in [0.2, 0.25) is 0 Å². The first-order chi connectivity index (χ1) is 12.3. The minimum absolute atomic E-state index is 0.0451. The SMILES string of the molecule is CC(C)(C)NCC(O)COc1cccc(NC(=O)NC2CCCCC2)c1. The minimum Gasteiger partial charge on any atom is -0.491 e. The molecule has 2 rings (SSSR count). The summed E-state index contributed by atoms with van der Waals surface area (Å²) in [5.41, 5.74) is 0.634. The average Bonchev–Trinajstić information content (AvgIpc) is 2.58. The highest BCUT2D eigenvalue weighted by molar-refractivity contribution is 5.89. The second-order valence-corrected chi connectivity index (χ2v) is 8.06. The molecule has 2 amide bonds. The van der Waals surface area contributed by atoms with Gasteiger partial charge in [0.1, 0.15) is 18.5 Å². The molecule has 0 heterocycles. The van der Waals surface area contributed by atoms with Gasteiger partial charge < -0.3 is 25.8 Å². The summed E-state index contributed by atoms with van der Waals surface area (Å²) >= 11 is 0. The van der Waals surface area contributed by atoms with Gasteiger partial charge in [-0.25, -0.2) is 4.79 Å². The van der Waals surface area contributed by atoms with Gasteiger partial charge in [0, 0.05) is 29.9 Å². The molecule has 1 aliphatic carbocycles. The summed E-state index contributed by atoms with van der Waals surface area (Å²) in [6.07, 6.45) is 5.13. The molecule has 6 heteroatoms. The molecule has 0 radical (unpaired) electrons. The number of aliphatic hydroxyl groups excluding tert-OH is 1. The molecule has 1 unspecified atom stereocenters. The summed E-state index contributed by atoms with van der Waals surface area (Å²) in [5.74, 6) is 0.621. The van der Waals surface area contributed by atoms with Crippen LogP contribution in [-0.2, 0) is 0 Å². The Labute approximate surface area is 156 Å². The van der Waals surface area contributed by atoms with Crippen molar-refractivity contribution < 1.29 is 14.6 Å². The fourth-order valence-corrected chi connectivity index (χ4v) is 2.94. The van der Waals surface area contributed by atoms with Gasteiger partial charge in [0.25, 0.3) is 0 Å². The molecule has 0 bridgehead atoms. The Morgan fingerprint density at radius 3 is 2.69 bits per heavy atom. The summed E-state index contributed by atoms with van der Waals surface area (Å²) in [7, 11) is 0. The number of amides is 2. The van der Waals surface area contributed by atoms with Crippen LogP contribution in [0, 0.1) is 0 Å². The van der Waals surface area contributed by atoms with E-state index in [1.807, 2.05) is 39.0 Å². The van der Waals surface area contributed by atoms with Crippen molar-refractivity contribution in [2.24, 2.45) is 0 Å². The molecule has 1 saturated carbocycles. The number of hydrogen-bond acceptors (Lipinski definition) is 4. The van der Waals surface area contributed by atoms with Gasteiger partial charge in [-0.15, -0.1) is 0 Å². The average molecular weight is 364 g/mol. The van der Waals surface area contributed by atoms with Gasteiger partial charge in [-0.3, -0.25) is 0 Å². The Bertz CT molecular complexity index is 566.